The van der Waals surface area contributed by atoms with Crippen LogP contribution in [0.1, 0.15) is 33.1 Å². The monoisotopic (exact) mass is 274 g/mol. The van der Waals surface area contributed by atoms with E-state index in [0.717, 1.165) is 19.6 Å². The molecule has 0 bridgehead atoms. The number of hydrogen-bond donors (Lipinski definition) is 1. The van der Waals surface area contributed by atoms with Gasteiger partial charge >= 0.3 is 5.97 Å². The molecule has 0 amide bonds. The molecule has 1 saturated heterocycles. The Morgan fingerprint density at radius 2 is 2.00 bits per heavy atom. The molecule has 5 nitrogen and oxygen atoms in total. The van der Waals surface area contributed by atoms with Crippen LogP contribution in [-0.2, 0) is 19.0 Å². The van der Waals surface area contributed by atoms with Gasteiger partial charge in [-0.3, -0.25) is 0 Å². The molecule has 0 spiro atoms. The third kappa shape index (κ3) is 11.9. The summed E-state index contributed by atoms with van der Waals surface area (Å²) < 4.78 is 14.7. The summed E-state index contributed by atoms with van der Waals surface area (Å²) in [6, 6.07) is 0. The van der Waals surface area contributed by atoms with Crippen molar-refractivity contribution >= 4 is 5.97 Å². The second-order valence-electron chi connectivity index (χ2n) is 4.12. The van der Waals surface area contributed by atoms with Crippen LogP contribution in [0.15, 0.2) is 12.2 Å². The van der Waals surface area contributed by atoms with E-state index in [1.165, 1.54) is 0 Å². The van der Waals surface area contributed by atoms with Crippen molar-refractivity contribution < 1.29 is 24.1 Å². The molecular weight excluding hydrogens is 248 g/mol. The molecule has 1 fully saturated rings. The Balaban J connectivity index is 0.000000555. The predicted molar refractivity (Wildman–Crippen MR) is 72.9 cm³/mol. The molecule has 1 aliphatic heterocycles. The van der Waals surface area contributed by atoms with Crippen molar-refractivity contribution in [2.24, 2.45) is 0 Å². The Bertz CT molecular complexity index is 246. The molecule has 0 aliphatic carbocycles. The zero-order valence-corrected chi connectivity index (χ0v) is 12.0. The lowest BCUT2D eigenvalue weighted by molar-refractivity contribution is -0.139. The number of hydrogen-bond acceptors (Lipinski definition) is 5. The van der Waals surface area contributed by atoms with Gasteiger partial charge in [0, 0.05) is 25.4 Å². The van der Waals surface area contributed by atoms with Gasteiger partial charge in [0.2, 0.25) is 0 Å². The lowest BCUT2D eigenvalue weighted by atomic mass is 10.1. The standard InChI is InChI=1S/C10H16O4.C4H10O/c1-8(4-2-3-5-11)10(12)14-7-9-6-13-9;1-3-5-4-2/h9,11H,1-7H2;3-4H2,1-2H3. The molecule has 1 N–H and O–H groups in total. The minimum atomic E-state index is -0.349. The summed E-state index contributed by atoms with van der Waals surface area (Å²) >= 11 is 0. The average Bonchev–Trinajstić information content (AvgIpc) is 3.22. The van der Waals surface area contributed by atoms with Crippen LogP contribution in [0.3, 0.4) is 0 Å². The van der Waals surface area contributed by atoms with Gasteiger partial charge in [-0.25, -0.2) is 4.79 Å². The van der Waals surface area contributed by atoms with Crippen molar-refractivity contribution in [3.8, 4) is 0 Å². The summed E-state index contributed by atoms with van der Waals surface area (Å²) in [4.78, 5) is 11.2. The minimum absolute atomic E-state index is 0.101. The normalized spacial score (nSPS) is 16.3. The van der Waals surface area contributed by atoms with Gasteiger partial charge in [-0.2, -0.15) is 0 Å². The minimum Gasteiger partial charge on any atom is -0.459 e. The van der Waals surface area contributed by atoms with Crippen molar-refractivity contribution in [2.75, 3.05) is 33.0 Å². The largest absolute Gasteiger partial charge is 0.459 e. The number of epoxide rings is 1. The molecule has 19 heavy (non-hydrogen) atoms. The van der Waals surface area contributed by atoms with E-state index in [2.05, 4.69) is 6.58 Å². The van der Waals surface area contributed by atoms with Crippen molar-refractivity contribution in [3.05, 3.63) is 12.2 Å². The summed E-state index contributed by atoms with van der Waals surface area (Å²) in [6.07, 6.45) is 2.15. The smallest absolute Gasteiger partial charge is 0.333 e. The fourth-order valence-electron chi connectivity index (χ4n) is 1.19. The summed E-state index contributed by atoms with van der Waals surface area (Å²) in [6.45, 7) is 10.5. The van der Waals surface area contributed by atoms with Crippen molar-refractivity contribution in [2.45, 2.75) is 39.2 Å². The van der Waals surface area contributed by atoms with Gasteiger partial charge in [0.15, 0.2) is 0 Å². The molecule has 1 rings (SSSR count). The molecule has 112 valence electrons. The zero-order chi connectivity index (χ0) is 14.5. The van der Waals surface area contributed by atoms with Crippen LogP contribution in [-0.4, -0.2) is 50.2 Å². The Hall–Kier alpha value is -0.910. The zero-order valence-electron chi connectivity index (χ0n) is 12.0. The first-order valence-electron chi connectivity index (χ1n) is 6.80. The first-order chi connectivity index (χ1) is 9.15. The van der Waals surface area contributed by atoms with Crippen molar-refractivity contribution in [3.63, 3.8) is 0 Å². The van der Waals surface area contributed by atoms with Gasteiger partial charge in [0.05, 0.1) is 6.61 Å². The summed E-state index contributed by atoms with van der Waals surface area (Å²) in [5.41, 5.74) is 0.471. The quantitative estimate of drug-likeness (QED) is 0.300. The maximum Gasteiger partial charge on any atom is 0.333 e. The number of carbonyl (C=O) groups excluding carboxylic acids is 1. The predicted octanol–water partition coefficient (Wildman–Crippen LogP) is 1.69. The van der Waals surface area contributed by atoms with Gasteiger partial charge in [-0.15, -0.1) is 0 Å². The van der Waals surface area contributed by atoms with Crippen LogP contribution >= 0.6 is 0 Å². The summed E-state index contributed by atoms with van der Waals surface area (Å²) in [5, 5.41) is 8.54. The van der Waals surface area contributed by atoms with Crippen LogP contribution in [0, 0.1) is 0 Å². The van der Waals surface area contributed by atoms with Crippen LogP contribution < -0.4 is 0 Å². The Kier molecular flexibility index (Phi) is 11.6. The molecule has 1 aliphatic rings. The lowest BCUT2D eigenvalue weighted by Gasteiger charge is -2.04. The van der Waals surface area contributed by atoms with Crippen LogP contribution in [0.2, 0.25) is 0 Å². The molecule has 1 unspecified atom stereocenters. The number of rotatable bonds is 9. The van der Waals surface area contributed by atoms with E-state index in [4.69, 9.17) is 19.3 Å². The van der Waals surface area contributed by atoms with Gasteiger partial charge < -0.3 is 19.3 Å². The highest BCUT2D eigenvalue weighted by Gasteiger charge is 2.24. The number of aliphatic hydroxyl groups is 1. The second kappa shape index (κ2) is 12.1. The van der Waals surface area contributed by atoms with E-state index in [1.54, 1.807) is 0 Å². The highest BCUT2D eigenvalue weighted by atomic mass is 16.6. The summed E-state index contributed by atoms with van der Waals surface area (Å²) in [5.74, 6) is -0.349. The molecule has 0 aromatic rings. The van der Waals surface area contributed by atoms with E-state index in [-0.39, 0.29) is 18.7 Å². The van der Waals surface area contributed by atoms with Crippen LogP contribution in [0.5, 0.6) is 0 Å². The van der Waals surface area contributed by atoms with Crippen LogP contribution in [0.4, 0.5) is 0 Å². The van der Waals surface area contributed by atoms with Gasteiger partial charge in [-0.05, 0) is 33.1 Å². The number of ether oxygens (including phenoxy) is 3. The average molecular weight is 274 g/mol. The second-order valence-corrected chi connectivity index (χ2v) is 4.12. The highest BCUT2D eigenvalue weighted by molar-refractivity contribution is 5.87. The maximum atomic E-state index is 11.2. The molecule has 0 aromatic heterocycles. The van der Waals surface area contributed by atoms with Crippen LogP contribution in [0.25, 0.3) is 0 Å². The fraction of sp³-hybridized carbons (Fsp3) is 0.786. The number of carbonyl (C=O) groups is 1. The van der Waals surface area contributed by atoms with Crippen molar-refractivity contribution in [1.82, 2.24) is 0 Å². The number of esters is 1. The Labute approximate surface area is 115 Å². The third-order valence-corrected chi connectivity index (χ3v) is 2.39. The number of aliphatic hydroxyl groups excluding tert-OH is 1. The lowest BCUT2D eigenvalue weighted by Crippen LogP contribution is -2.11. The Morgan fingerprint density at radius 3 is 2.42 bits per heavy atom. The maximum absolute atomic E-state index is 11.2. The molecule has 0 saturated carbocycles. The fourth-order valence-corrected chi connectivity index (χ4v) is 1.19. The van der Waals surface area contributed by atoms with E-state index in [0.29, 0.717) is 31.6 Å². The molecule has 5 heteroatoms. The first-order valence-corrected chi connectivity index (χ1v) is 6.80. The topological polar surface area (TPSA) is 68.3 Å². The van der Waals surface area contributed by atoms with E-state index in [9.17, 15) is 4.79 Å². The Morgan fingerprint density at radius 1 is 1.37 bits per heavy atom. The van der Waals surface area contributed by atoms with Gasteiger partial charge in [0.25, 0.3) is 0 Å². The molecular formula is C14H26O5. The molecule has 1 heterocycles. The third-order valence-electron chi connectivity index (χ3n) is 2.39. The van der Waals surface area contributed by atoms with Gasteiger partial charge in [-0.1, -0.05) is 6.58 Å². The van der Waals surface area contributed by atoms with E-state index < -0.39 is 0 Å². The van der Waals surface area contributed by atoms with E-state index >= 15 is 0 Å². The first kappa shape index (κ1) is 18.1. The highest BCUT2D eigenvalue weighted by Crippen LogP contribution is 2.11. The van der Waals surface area contributed by atoms with Crippen molar-refractivity contribution in [1.29, 1.82) is 0 Å². The number of unbranched alkanes of at least 4 members (excludes halogenated alkanes) is 1. The van der Waals surface area contributed by atoms with E-state index in [1.807, 2.05) is 13.8 Å². The molecule has 1 atom stereocenters. The molecule has 0 aromatic carbocycles. The molecule has 0 radical (unpaired) electrons. The SMILES string of the molecule is C=C(CCCCO)C(=O)OCC1CO1.CCOCC. The van der Waals surface area contributed by atoms with Gasteiger partial charge in [0.1, 0.15) is 12.7 Å². The summed E-state index contributed by atoms with van der Waals surface area (Å²) in [7, 11) is 0.